The maximum absolute atomic E-state index is 5.67. The van der Waals surface area contributed by atoms with Crippen molar-refractivity contribution in [3.8, 4) is 5.75 Å². The van der Waals surface area contributed by atoms with Gasteiger partial charge in [-0.2, -0.15) is 0 Å². The van der Waals surface area contributed by atoms with E-state index in [0.717, 1.165) is 5.75 Å². The molecule has 0 aromatic heterocycles. The first-order chi connectivity index (χ1) is 6.22. The van der Waals surface area contributed by atoms with Gasteiger partial charge in [0.05, 0.1) is 6.61 Å². The second kappa shape index (κ2) is 5.70. The summed E-state index contributed by atoms with van der Waals surface area (Å²) in [5.74, 6) is 1.97. The van der Waals surface area contributed by atoms with Crippen molar-refractivity contribution in [3.05, 3.63) is 27.8 Å². The highest BCUT2D eigenvalue weighted by Crippen LogP contribution is 2.15. The van der Waals surface area contributed by atoms with Gasteiger partial charge >= 0.3 is 0 Å². The first kappa shape index (κ1) is 11.1. The second-order valence-corrected chi connectivity index (χ2v) is 4.58. The SMILES string of the molecule is CC(CCl)COc1cccc(I)c1. The van der Waals surface area contributed by atoms with E-state index < -0.39 is 0 Å². The third-order valence-electron chi connectivity index (χ3n) is 1.59. The normalized spacial score (nSPS) is 12.5. The Hall–Kier alpha value is 0.0400. The molecular formula is C10H12ClIO. The van der Waals surface area contributed by atoms with Crippen LogP contribution in [0.2, 0.25) is 0 Å². The van der Waals surface area contributed by atoms with Crippen molar-refractivity contribution in [1.29, 1.82) is 0 Å². The number of rotatable bonds is 4. The van der Waals surface area contributed by atoms with Gasteiger partial charge in [0.2, 0.25) is 0 Å². The highest BCUT2D eigenvalue weighted by atomic mass is 127. The summed E-state index contributed by atoms with van der Waals surface area (Å²) in [6.45, 7) is 2.75. The van der Waals surface area contributed by atoms with Gasteiger partial charge in [-0.3, -0.25) is 0 Å². The van der Waals surface area contributed by atoms with Crippen molar-refractivity contribution in [2.24, 2.45) is 5.92 Å². The molecule has 0 aliphatic carbocycles. The number of halogens is 2. The molecule has 0 N–H and O–H groups in total. The molecule has 0 saturated heterocycles. The lowest BCUT2D eigenvalue weighted by molar-refractivity contribution is 0.272. The topological polar surface area (TPSA) is 9.23 Å². The highest BCUT2D eigenvalue weighted by molar-refractivity contribution is 14.1. The Morgan fingerprint density at radius 3 is 2.92 bits per heavy atom. The summed E-state index contributed by atoms with van der Waals surface area (Å²) >= 11 is 7.93. The number of hydrogen-bond donors (Lipinski definition) is 0. The van der Waals surface area contributed by atoms with Gasteiger partial charge in [0.25, 0.3) is 0 Å². The number of ether oxygens (including phenoxy) is 1. The summed E-state index contributed by atoms with van der Waals surface area (Å²) in [6, 6.07) is 8.01. The quantitative estimate of drug-likeness (QED) is 0.610. The molecule has 0 aliphatic rings. The van der Waals surface area contributed by atoms with Crippen LogP contribution >= 0.6 is 34.2 Å². The largest absolute Gasteiger partial charge is 0.493 e. The Morgan fingerprint density at radius 2 is 2.31 bits per heavy atom. The molecule has 0 radical (unpaired) electrons. The van der Waals surface area contributed by atoms with Gasteiger partial charge in [-0.05, 0) is 40.8 Å². The van der Waals surface area contributed by atoms with Crippen molar-refractivity contribution in [2.45, 2.75) is 6.92 Å². The van der Waals surface area contributed by atoms with E-state index in [1.165, 1.54) is 3.57 Å². The Balaban J connectivity index is 2.45. The Morgan fingerprint density at radius 1 is 1.54 bits per heavy atom. The van der Waals surface area contributed by atoms with Gasteiger partial charge in [-0.25, -0.2) is 0 Å². The fraction of sp³-hybridized carbons (Fsp3) is 0.400. The Labute approximate surface area is 97.6 Å². The molecule has 3 heteroatoms. The predicted octanol–water partition coefficient (Wildman–Crippen LogP) is 3.54. The van der Waals surface area contributed by atoms with Crippen LogP contribution in [0.25, 0.3) is 0 Å². The molecular weight excluding hydrogens is 298 g/mol. The summed E-state index contributed by atoms with van der Waals surface area (Å²) in [6.07, 6.45) is 0. The van der Waals surface area contributed by atoms with Gasteiger partial charge in [0.1, 0.15) is 5.75 Å². The van der Waals surface area contributed by atoms with Crippen molar-refractivity contribution in [2.75, 3.05) is 12.5 Å². The molecule has 72 valence electrons. The minimum Gasteiger partial charge on any atom is -0.493 e. The van der Waals surface area contributed by atoms with Crippen LogP contribution < -0.4 is 4.74 Å². The standard InChI is InChI=1S/C10H12ClIO/c1-8(6-11)7-13-10-4-2-3-9(12)5-10/h2-5,8H,6-7H2,1H3. The van der Waals surface area contributed by atoms with Gasteiger partial charge < -0.3 is 4.74 Å². The molecule has 0 spiro atoms. The van der Waals surface area contributed by atoms with Crippen LogP contribution in [0.1, 0.15) is 6.92 Å². The first-order valence-corrected chi connectivity index (χ1v) is 5.78. The van der Waals surface area contributed by atoms with Crippen molar-refractivity contribution < 1.29 is 4.74 Å². The molecule has 0 amide bonds. The van der Waals surface area contributed by atoms with Crippen LogP contribution in [0, 0.1) is 9.49 Å². The molecule has 0 bridgehead atoms. The predicted molar refractivity (Wildman–Crippen MR) is 64.5 cm³/mol. The zero-order valence-electron chi connectivity index (χ0n) is 7.47. The molecule has 0 heterocycles. The Bertz CT molecular complexity index is 265. The van der Waals surface area contributed by atoms with Crippen LogP contribution in [0.3, 0.4) is 0 Å². The van der Waals surface area contributed by atoms with E-state index in [0.29, 0.717) is 18.4 Å². The summed E-state index contributed by atoms with van der Waals surface area (Å²) in [7, 11) is 0. The smallest absolute Gasteiger partial charge is 0.120 e. The minimum atomic E-state index is 0.402. The lowest BCUT2D eigenvalue weighted by atomic mass is 10.2. The van der Waals surface area contributed by atoms with Gasteiger partial charge in [-0.1, -0.05) is 13.0 Å². The third kappa shape index (κ3) is 4.18. The maximum atomic E-state index is 5.67. The monoisotopic (exact) mass is 310 g/mol. The zero-order valence-corrected chi connectivity index (χ0v) is 10.4. The van der Waals surface area contributed by atoms with Crippen LogP contribution in [0.4, 0.5) is 0 Å². The van der Waals surface area contributed by atoms with E-state index in [4.69, 9.17) is 16.3 Å². The fourth-order valence-corrected chi connectivity index (χ4v) is 1.44. The third-order valence-corrected chi connectivity index (χ3v) is 2.79. The highest BCUT2D eigenvalue weighted by Gasteiger charge is 2.01. The molecule has 1 nitrogen and oxygen atoms in total. The molecule has 1 aromatic rings. The molecule has 1 aromatic carbocycles. The summed E-state index contributed by atoms with van der Waals surface area (Å²) in [5.41, 5.74) is 0. The van der Waals surface area contributed by atoms with E-state index in [9.17, 15) is 0 Å². The molecule has 0 aliphatic heterocycles. The fourth-order valence-electron chi connectivity index (χ4n) is 0.840. The van der Waals surface area contributed by atoms with E-state index in [1.54, 1.807) is 0 Å². The van der Waals surface area contributed by atoms with Crippen LogP contribution in [0.15, 0.2) is 24.3 Å². The van der Waals surface area contributed by atoms with Crippen LogP contribution in [-0.4, -0.2) is 12.5 Å². The molecule has 1 atom stereocenters. The van der Waals surface area contributed by atoms with Gasteiger partial charge in [-0.15, -0.1) is 11.6 Å². The number of hydrogen-bond acceptors (Lipinski definition) is 1. The first-order valence-electron chi connectivity index (χ1n) is 4.16. The number of alkyl halides is 1. The van der Waals surface area contributed by atoms with Crippen molar-refractivity contribution in [3.63, 3.8) is 0 Å². The molecule has 1 rings (SSSR count). The molecule has 0 fully saturated rings. The maximum Gasteiger partial charge on any atom is 0.120 e. The zero-order chi connectivity index (χ0) is 9.68. The van der Waals surface area contributed by atoms with E-state index in [1.807, 2.05) is 24.3 Å². The average molecular weight is 311 g/mol. The van der Waals surface area contributed by atoms with Crippen molar-refractivity contribution >= 4 is 34.2 Å². The second-order valence-electron chi connectivity index (χ2n) is 3.03. The molecule has 0 saturated carbocycles. The minimum absolute atomic E-state index is 0.402. The van der Waals surface area contributed by atoms with E-state index in [2.05, 4.69) is 29.5 Å². The average Bonchev–Trinajstić information content (AvgIpc) is 2.14. The lowest BCUT2D eigenvalue weighted by Gasteiger charge is -2.09. The summed E-state index contributed by atoms with van der Waals surface area (Å²) < 4.78 is 6.74. The van der Waals surface area contributed by atoms with Crippen molar-refractivity contribution in [1.82, 2.24) is 0 Å². The van der Waals surface area contributed by atoms with E-state index >= 15 is 0 Å². The van der Waals surface area contributed by atoms with Crippen LogP contribution in [0.5, 0.6) is 5.75 Å². The molecule has 13 heavy (non-hydrogen) atoms. The van der Waals surface area contributed by atoms with E-state index in [-0.39, 0.29) is 0 Å². The van der Waals surface area contributed by atoms with Gasteiger partial charge in [0.15, 0.2) is 0 Å². The van der Waals surface area contributed by atoms with Gasteiger partial charge in [0, 0.05) is 15.4 Å². The number of benzene rings is 1. The lowest BCUT2D eigenvalue weighted by Crippen LogP contribution is -2.09. The molecule has 1 unspecified atom stereocenters. The summed E-state index contributed by atoms with van der Waals surface area (Å²) in [5, 5.41) is 0. The Kier molecular flexibility index (Phi) is 4.88. The van der Waals surface area contributed by atoms with Crippen LogP contribution in [-0.2, 0) is 0 Å². The summed E-state index contributed by atoms with van der Waals surface area (Å²) in [4.78, 5) is 0.